The van der Waals surface area contributed by atoms with Crippen molar-refractivity contribution in [1.82, 2.24) is 0 Å². The summed E-state index contributed by atoms with van der Waals surface area (Å²) in [6.45, 7) is 12.1. The summed E-state index contributed by atoms with van der Waals surface area (Å²) in [4.78, 5) is 32.7. The van der Waals surface area contributed by atoms with Gasteiger partial charge in [0.05, 0.1) is 15.4 Å². The van der Waals surface area contributed by atoms with Crippen molar-refractivity contribution in [2.75, 3.05) is 5.32 Å². The number of carboxylic acid groups (broad SMARTS) is 1. The third-order valence-corrected chi connectivity index (χ3v) is 4.67. The summed E-state index contributed by atoms with van der Waals surface area (Å²) in [5, 5.41) is 35.1. The molecule has 30 heavy (non-hydrogen) atoms. The number of carbonyl (C=O) groups is 1. The Labute approximate surface area is 174 Å². The SMILES string of the molecule is CC(C)(C)c1cc(Nc2c([N+](=O)[O-])cc(C(=O)O)cc2[N+](=O)[O-])cc(C(C)(C)C)c1. The second-order valence-corrected chi connectivity index (χ2v) is 9.13. The van der Waals surface area contributed by atoms with E-state index in [9.17, 15) is 25.0 Å². The molecule has 9 heteroatoms. The third-order valence-electron chi connectivity index (χ3n) is 4.67. The summed E-state index contributed by atoms with van der Waals surface area (Å²) in [6.07, 6.45) is 0. The van der Waals surface area contributed by atoms with Crippen LogP contribution in [0.25, 0.3) is 0 Å². The standard InChI is InChI=1S/C21H25N3O6/c1-20(2,3)13-9-14(21(4,5)6)11-15(10-13)22-18-16(23(27)28)7-12(19(25)26)8-17(18)24(29)30/h7-11,22H,1-6H3,(H,25,26). The van der Waals surface area contributed by atoms with Crippen molar-refractivity contribution < 1.29 is 19.7 Å². The molecular formula is C21H25N3O6. The molecule has 0 amide bonds. The highest BCUT2D eigenvalue weighted by molar-refractivity contribution is 5.93. The summed E-state index contributed by atoms with van der Waals surface area (Å²) in [7, 11) is 0. The first-order valence-corrected chi connectivity index (χ1v) is 9.24. The molecule has 0 saturated carbocycles. The summed E-state index contributed by atoms with van der Waals surface area (Å²) >= 11 is 0. The Morgan fingerprint density at radius 3 is 1.53 bits per heavy atom. The van der Waals surface area contributed by atoms with Crippen LogP contribution in [0.3, 0.4) is 0 Å². The monoisotopic (exact) mass is 415 g/mol. The molecule has 0 aliphatic heterocycles. The molecule has 0 aliphatic rings. The Balaban J connectivity index is 2.77. The molecule has 0 aromatic heterocycles. The highest BCUT2D eigenvalue weighted by Gasteiger charge is 2.29. The van der Waals surface area contributed by atoms with Gasteiger partial charge in [0.2, 0.25) is 0 Å². The fourth-order valence-electron chi connectivity index (χ4n) is 2.86. The average molecular weight is 415 g/mol. The molecule has 0 bridgehead atoms. The predicted molar refractivity (Wildman–Crippen MR) is 114 cm³/mol. The van der Waals surface area contributed by atoms with Crippen molar-refractivity contribution in [2.24, 2.45) is 0 Å². The lowest BCUT2D eigenvalue weighted by Gasteiger charge is -2.26. The van der Waals surface area contributed by atoms with Crippen molar-refractivity contribution in [2.45, 2.75) is 52.4 Å². The first kappa shape index (κ1) is 22.8. The molecule has 9 nitrogen and oxygen atoms in total. The zero-order chi connectivity index (χ0) is 23.0. The molecule has 2 aromatic carbocycles. The van der Waals surface area contributed by atoms with Crippen LogP contribution in [0.2, 0.25) is 0 Å². The number of anilines is 2. The van der Waals surface area contributed by atoms with E-state index in [-0.39, 0.29) is 16.5 Å². The van der Waals surface area contributed by atoms with Crippen molar-refractivity contribution in [3.63, 3.8) is 0 Å². The van der Waals surface area contributed by atoms with Gasteiger partial charge in [0.25, 0.3) is 0 Å². The van der Waals surface area contributed by atoms with E-state index in [0.29, 0.717) is 5.69 Å². The van der Waals surface area contributed by atoms with Crippen molar-refractivity contribution >= 4 is 28.7 Å². The maximum Gasteiger partial charge on any atom is 0.336 e. The smallest absolute Gasteiger partial charge is 0.336 e. The largest absolute Gasteiger partial charge is 0.478 e. The molecule has 0 radical (unpaired) electrons. The van der Waals surface area contributed by atoms with Gasteiger partial charge in [-0.05, 0) is 34.1 Å². The maximum atomic E-state index is 11.6. The van der Waals surface area contributed by atoms with Crippen molar-refractivity contribution in [3.8, 4) is 0 Å². The highest BCUT2D eigenvalue weighted by Crippen LogP contribution is 2.40. The molecule has 0 atom stereocenters. The van der Waals surface area contributed by atoms with Gasteiger partial charge in [-0.25, -0.2) is 4.79 Å². The number of carboxylic acids is 1. The molecule has 0 saturated heterocycles. The molecule has 0 heterocycles. The zero-order valence-electron chi connectivity index (χ0n) is 17.8. The van der Waals surface area contributed by atoms with E-state index in [2.05, 4.69) is 5.32 Å². The minimum absolute atomic E-state index is 0.233. The number of hydrogen-bond acceptors (Lipinski definition) is 6. The molecule has 0 spiro atoms. The lowest BCUT2D eigenvalue weighted by Crippen LogP contribution is -2.17. The molecule has 2 aromatic rings. The number of nitrogens with one attached hydrogen (secondary N) is 1. The number of benzene rings is 2. The predicted octanol–water partition coefficient (Wildman–Crippen LogP) is 5.54. The Hall–Kier alpha value is -3.49. The van der Waals surface area contributed by atoms with Crippen LogP contribution in [0.5, 0.6) is 0 Å². The van der Waals surface area contributed by atoms with Crippen LogP contribution in [-0.4, -0.2) is 20.9 Å². The minimum Gasteiger partial charge on any atom is -0.478 e. The van der Waals surface area contributed by atoms with Gasteiger partial charge < -0.3 is 10.4 Å². The van der Waals surface area contributed by atoms with Gasteiger partial charge in [-0.1, -0.05) is 47.6 Å². The van der Waals surface area contributed by atoms with Crippen LogP contribution in [0.4, 0.5) is 22.7 Å². The van der Waals surface area contributed by atoms with Crippen LogP contribution >= 0.6 is 0 Å². The molecule has 0 unspecified atom stereocenters. The van der Waals surface area contributed by atoms with E-state index in [0.717, 1.165) is 23.3 Å². The van der Waals surface area contributed by atoms with Crippen molar-refractivity contribution in [1.29, 1.82) is 0 Å². The molecular weight excluding hydrogens is 390 g/mol. The summed E-state index contributed by atoms with van der Waals surface area (Å²) in [6, 6.07) is 7.25. The average Bonchev–Trinajstić information content (AvgIpc) is 2.59. The number of rotatable bonds is 5. The van der Waals surface area contributed by atoms with E-state index in [1.54, 1.807) is 12.1 Å². The Bertz CT molecular complexity index is 965. The number of aromatic carboxylic acids is 1. The van der Waals surface area contributed by atoms with Gasteiger partial charge >= 0.3 is 17.3 Å². The second-order valence-electron chi connectivity index (χ2n) is 9.13. The number of nitro groups is 2. The molecule has 0 aliphatic carbocycles. The van der Waals surface area contributed by atoms with Gasteiger partial charge in [0.15, 0.2) is 5.69 Å². The van der Waals surface area contributed by atoms with E-state index in [4.69, 9.17) is 5.11 Å². The van der Waals surface area contributed by atoms with E-state index >= 15 is 0 Å². The number of nitro benzene ring substituents is 2. The Morgan fingerprint density at radius 1 is 0.833 bits per heavy atom. The zero-order valence-corrected chi connectivity index (χ0v) is 17.8. The first-order valence-electron chi connectivity index (χ1n) is 9.24. The fraction of sp³-hybridized carbons (Fsp3) is 0.381. The molecule has 160 valence electrons. The van der Waals surface area contributed by atoms with Gasteiger partial charge in [0, 0.05) is 17.8 Å². The number of hydrogen-bond donors (Lipinski definition) is 2. The van der Waals surface area contributed by atoms with Crippen LogP contribution in [-0.2, 0) is 10.8 Å². The van der Waals surface area contributed by atoms with Crippen LogP contribution in [0.15, 0.2) is 30.3 Å². The fourth-order valence-corrected chi connectivity index (χ4v) is 2.86. The van der Waals surface area contributed by atoms with Gasteiger partial charge in [-0.2, -0.15) is 0 Å². The quantitative estimate of drug-likeness (QED) is 0.483. The second kappa shape index (κ2) is 7.74. The summed E-state index contributed by atoms with van der Waals surface area (Å²) in [5.74, 6) is -1.49. The van der Waals surface area contributed by atoms with Crippen LogP contribution < -0.4 is 5.32 Å². The van der Waals surface area contributed by atoms with Gasteiger partial charge in [-0.3, -0.25) is 20.2 Å². The summed E-state index contributed by atoms with van der Waals surface area (Å²) < 4.78 is 0. The van der Waals surface area contributed by atoms with Crippen LogP contribution in [0.1, 0.15) is 63.0 Å². The van der Waals surface area contributed by atoms with Crippen LogP contribution in [0, 0.1) is 20.2 Å². The van der Waals surface area contributed by atoms with Gasteiger partial charge in [-0.15, -0.1) is 0 Å². The highest BCUT2D eigenvalue weighted by atomic mass is 16.6. The van der Waals surface area contributed by atoms with Gasteiger partial charge in [0.1, 0.15) is 0 Å². The molecule has 2 N–H and O–H groups in total. The van der Waals surface area contributed by atoms with Crippen molar-refractivity contribution in [3.05, 3.63) is 67.3 Å². The van der Waals surface area contributed by atoms with E-state index in [1.165, 1.54) is 0 Å². The molecule has 2 rings (SSSR count). The normalized spacial score (nSPS) is 11.8. The lowest BCUT2D eigenvalue weighted by atomic mass is 9.80. The summed E-state index contributed by atoms with van der Waals surface area (Å²) in [5.41, 5.74) is -0.374. The first-order chi connectivity index (χ1) is 13.6. The lowest BCUT2D eigenvalue weighted by molar-refractivity contribution is -0.392. The minimum atomic E-state index is -1.49. The van der Waals surface area contributed by atoms with E-state index in [1.807, 2.05) is 47.6 Å². The van der Waals surface area contributed by atoms with E-state index < -0.39 is 32.8 Å². The molecule has 0 fully saturated rings. The maximum absolute atomic E-state index is 11.6. The number of nitrogens with zero attached hydrogens (tertiary/aromatic N) is 2. The third kappa shape index (κ3) is 4.91. The Kier molecular flexibility index (Phi) is 5.88. The topological polar surface area (TPSA) is 136 Å². The Morgan fingerprint density at radius 2 is 1.23 bits per heavy atom.